The number of carboxylic acid groups (broad SMARTS) is 1. The first-order valence-electron chi connectivity index (χ1n) is 6.23. The van der Waals surface area contributed by atoms with Crippen LogP contribution in [-0.2, 0) is 4.79 Å². The molecule has 2 fully saturated rings. The molecule has 19 heavy (non-hydrogen) atoms. The molecule has 4 unspecified atom stereocenters. The van der Waals surface area contributed by atoms with Gasteiger partial charge in [-0.3, -0.25) is 10.1 Å². The largest absolute Gasteiger partial charge is 0.481 e. The fraction of sp³-hybridized carbons (Fsp3) is 0.636. The fourth-order valence-corrected chi connectivity index (χ4v) is 3.79. The number of hydrogen-bond acceptors (Lipinski definition) is 5. The third-order valence-corrected chi connectivity index (χ3v) is 4.68. The van der Waals surface area contributed by atoms with Gasteiger partial charge >= 0.3 is 12.0 Å². The number of amides is 2. The van der Waals surface area contributed by atoms with E-state index in [9.17, 15) is 14.7 Å². The average molecular weight is 282 g/mol. The molecule has 2 saturated carbocycles. The molecule has 0 saturated heterocycles. The number of hydrogen-bond donors (Lipinski definition) is 3. The van der Waals surface area contributed by atoms with Crippen molar-refractivity contribution < 1.29 is 14.7 Å². The second kappa shape index (κ2) is 4.76. The van der Waals surface area contributed by atoms with Crippen LogP contribution in [0.15, 0.2) is 6.20 Å². The summed E-state index contributed by atoms with van der Waals surface area (Å²) >= 11 is 1.08. The van der Waals surface area contributed by atoms with Crippen molar-refractivity contribution in [3.63, 3.8) is 0 Å². The van der Waals surface area contributed by atoms with E-state index in [2.05, 4.69) is 20.2 Å². The minimum atomic E-state index is -0.808. The number of anilines is 1. The Labute approximate surface area is 113 Å². The highest BCUT2D eigenvalue weighted by atomic mass is 32.1. The van der Waals surface area contributed by atoms with E-state index in [1.54, 1.807) is 0 Å². The molecule has 0 radical (unpaired) electrons. The lowest BCUT2D eigenvalue weighted by atomic mass is 9.84. The van der Waals surface area contributed by atoms with Crippen molar-refractivity contribution in [3.8, 4) is 0 Å². The number of fused-ring (bicyclic) bond motifs is 2. The molecular weight excluding hydrogens is 268 g/mol. The number of urea groups is 1. The lowest BCUT2D eigenvalue weighted by Gasteiger charge is -2.28. The summed E-state index contributed by atoms with van der Waals surface area (Å²) < 4.78 is 3.64. The van der Waals surface area contributed by atoms with Gasteiger partial charge in [0.05, 0.1) is 12.1 Å². The third kappa shape index (κ3) is 2.27. The van der Waals surface area contributed by atoms with E-state index < -0.39 is 11.9 Å². The van der Waals surface area contributed by atoms with Crippen molar-refractivity contribution in [1.29, 1.82) is 0 Å². The van der Waals surface area contributed by atoms with Crippen LogP contribution in [0.2, 0.25) is 0 Å². The van der Waals surface area contributed by atoms with Gasteiger partial charge in [0, 0.05) is 17.6 Å². The molecule has 3 N–H and O–H groups in total. The Balaban J connectivity index is 1.65. The summed E-state index contributed by atoms with van der Waals surface area (Å²) in [5.41, 5.74) is 0. The average Bonchev–Trinajstić information content (AvgIpc) is 3.03. The van der Waals surface area contributed by atoms with Crippen LogP contribution in [0.3, 0.4) is 0 Å². The van der Waals surface area contributed by atoms with Crippen LogP contribution in [-0.4, -0.2) is 32.7 Å². The molecule has 2 bridgehead atoms. The summed E-state index contributed by atoms with van der Waals surface area (Å²) in [6, 6.07) is -0.646. The third-order valence-electron chi connectivity index (χ3n) is 4.10. The maximum atomic E-state index is 11.8. The molecule has 4 atom stereocenters. The maximum absolute atomic E-state index is 11.8. The zero-order chi connectivity index (χ0) is 13.4. The zero-order valence-corrected chi connectivity index (χ0v) is 10.9. The van der Waals surface area contributed by atoms with Gasteiger partial charge in [-0.25, -0.2) is 4.79 Å². The minimum Gasteiger partial charge on any atom is -0.481 e. The molecule has 0 spiro atoms. The van der Waals surface area contributed by atoms with Gasteiger partial charge in [0.1, 0.15) is 5.00 Å². The topological polar surface area (TPSA) is 104 Å². The van der Waals surface area contributed by atoms with Crippen LogP contribution in [0.5, 0.6) is 0 Å². The lowest BCUT2D eigenvalue weighted by molar-refractivity contribution is -0.144. The highest BCUT2D eigenvalue weighted by molar-refractivity contribution is 7.10. The van der Waals surface area contributed by atoms with Crippen LogP contribution in [0.25, 0.3) is 0 Å². The quantitative estimate of drug-likeness (QED) is 0.771. The predicted octanol–water partition coefficient (Wildman–Crippen LogP) is 1.16. The standard InChI is InChI=1S/C11H14N4O3S/c16-10(17)8-5-1-2-6(3-5)9(8)14-11(18)13-7-4-12-15-19-7/h4-6,8-9H,1-3H2,(H,16,17)(H2,13,14,18). The number of nitrogens with one attached hydrogen (secondary N) is 2. The molecular formula is C11H14N4O3S. The summed E-state index contributed by atoms with van der Waals surface area (Å²) in [7, 11) is 0. The molecule has 0 aliphatic heterocycles. The molecule has 3 rings (SSSR count). The van der Waals surface area contributed by atoms with Crippen molar-refractivity contribution in [2.45, 2.75) is 25.3 Å². The summed E-state index contributed by atoms with van der Waals surface area (Å²) in [5, 5.41) is 18.9. The van der Waals surface area contributed by atoms with E-state index in [1.807, 2.05) is 0 Å². The molecule has 1 heterocycles. The number of aromatic nitrogens is 2. The van der Waals surface area contributed by atoms with Gasteiger partial charge in [-0.05, 0) is 31.1 Å². The van der Waals surface area contributed by atoms with Gasteiger partial charge in [0.2, 0.25) is 0 Å². The molecule has 1 aromatic rings. The van der Waals surface area contributed by atoms with Gasteiger partial charge in [-0.1, -0.05) is 4.49 Å². The number of nitrogens with zero attached hydrogens (tertiary/aromatic N) is 2. The normalized spacial score (nSPS) is 32.2. The number of carbonyl (C=O) groups is 2. The highest BCUT2D eigenvalue weighted by Crippen LogP contribution is 2.48. The maximum Gasteiger partial charge on any atom is 0.320 e. The van der Waals surface area contributed by atoms with Crippen LogP contribution < -0.4 is 10.6 Å². The van der Waals surface area contributed by atoms with Gasteiger partial charge in [-0.15, -0.1) is 5.10 Å². The van der Waals surface area contributed by atoms with Gasteiger partial charge in [0.25, 0.3) is 0 Å². The highest BCUT2D eigenvalue weighted by Gasteiger charge is 2.51. The van der Waals surface area contributed by atoms with Crippen LogP contribution in [0.1, 0.15) is 19.3 Å². The Hall–Kier alpha value is -1.70. The van der Waals surface area contributed by atoms with E-state index in [0.717, 1.165) is 30.8 Å². The molecule has 8 heteroatoms. The fourth-order valence-electron chi connectivity index (χ4n) is 3.38. The van der Waals surface area contributed by atoms with E-state index >= 15 is 0 Å². The predicted molar refractivity (Wildman–Crippen MR) is 67.8 cm³/mol. The molecule has 2 aliphatic carbocycles. The molecule has 7 nitrogen and oxygen atoms in total. The van der Waals surface area contributed by atoms with Crippen molar-refractivity contribution in [2.24, 2.45) is 17.8 Å². The van der Waals surface area contributed by atoms with Gasteiger partial charge in [0.15, 0.2) is 0 Å². The Morgan fingerprint density at radius 1 is 1.37 bits per heavy atom. The smallest absolute Gasteiger partial charge is 0.320 e. The second-order valence-electron chi connectivity index (χ2n) is 5.10. The Morgan fingerprint density at radius 2 is 2.16 bits per heavy atom. The molecule has 2 amide bonds. The SMILES string of the molecule is O=C(Nc1cnns1)NC1C2CCC(C2)C1C(=O)O. The second-order valence-corrected chi connectivity index (χ2v) is 5.89. The van der Waals surface area contributed by atoms with Crippen LogP contribution in [0.4, 0.5) is 9.80 Å². The van der Waals surface area contributed by atoms with Crippen LogP contribution >= 0.6 is 11.5 Å². The summed E-state index contributed by atoms with van der Waals surface area (Å²) in [6.45, 7) is 0. The summed E-state index contributed by atoms with van der Waals surface area (Å²) in [4.78, 5) is 23.2. The van der Waals surface area contributed by atoms with Gasteiger partial charge in [-0.2, -0.15) is 0 Å². The Kier molecular flexibility index (Phi) is 3.09. The number of carboxylic acids is 1. The van der Waals surface area contributed by atoms with Crippen LogP contribution in [0, 0.1) is 17.8 Å². The van der Waals surface area contributed by atoms with Crippen molar-refractivity contribution in [1.82, 2.24) is 14.9 Å². The van der Waals surface area contributed by atoms with Crippen molar-refractivity contribution in [3.05, 3.63) is 6.20 Å². The Bertz CT molecular complexity index is 492. The molecule has 0 aromatic carbocycles. The lowest BCUT2D eigenvalue weighted by Crippen LogP contribution is -2.48. The first-order chi connectivity index (χ1) is 9.15. The van der Waals surface area contributed by atoms with Gasteiger partial charge < -0.3 is 10.4 Å². The van der Waals surface area contributed by atoms with Crippen molar-refractivity contribution in [2.75, 3.05) is 5.32 Å². The summed E-state index contributed by atoms with van der Waals surface area (Å²) in [6.07, 6.45) is 4.32. The first kappa shape index (κ1) is 12.3. The molecule has 102 valence electrons. The monoisotopic (exact) mass is 282 g/mol. The zero-order valence-electron chi connectivity index (χ0n) is 10.1. The number of aliphatic carboxylic acids is 1. The Morgan fingerprint density at radius 3 is 2.84 bits per heavy atom. The first-order valence-corrected chi connectivity index (χ1v) is 7.00. The number of carbonyl (C=O) groups excluding carboxylic acids is 1. The molecule has 1 aromatic heterocycles. The molecule has 2 aliphatic rings. The van der Waals surface area contributed by atoms with E-state index in [1.165, 1.54) is 6.20 Å². The van der Waals surface area contributed by atoms with E-state index in [4.69, 9.17) is 0 Å². The van der Waals surface area contributed by atoms with E-state index in [-0.39, 0.29) is 23.9 Å². The van der Waals surface area contributed by atoms with Crippen molar-refractivity contribution >= 4 is 28.5 Å². The summed E-state index contributed by atoms with van der Waals surface area (Å²) in [5.74, 6) is -0.768. The number of rotatable bonds is 3. The van der Waals surface area contributed by atoms with E-state index in [0.29, 0.717) is 5.00 Å². The minimum absolute atomic E-state index is 0.206.